The van der Waals surface area contributed by atoms with Gasteiger partial charge >= 0.3 is 0 Å². The molecule has 0 aromatic heterocycles. The van der Waals surface area contributed by atoms with Crippen molar-refractivity contribution in [3.63, 3.8) is 0 Å². The zero-order chi connectivity index (χ0) is 6.41. The number of allylic oxidation sites excluding steroid dienone is 1. The predicted molar refractivity (Wildman–Crippen MR) is 33.7 cm³/mol. The average Bonchev–Trinajstić information content (AvgIpc) is 1.66. The molecule has 0 unspecified atom stereocenters. The van der Waals surface area contributed by atoms with E-state index in [2.05, 4.69) is 4.99 Å². The summed E-state index contributed by atoms with van der Waals surface area (Å²) in [4.78, 5) is 3.38. The number of hydrogen-bond donors (Lipinski definition) is 3. The summed E-state index contributed by atoms with van der Waals surface area (Å²) in [7, 11) is 0. The van der Waals surface area contributed by atoms with Crippen LogP contribution < -0.4 is 11.5 Å². The van der Waals surface area contributed by atoms with Gasteiger partial charge in [0.1, 0.15) is 0 Å². The van der Waals surface area contributed by atoms with Gasteiger partial charge in [0, 0.05) is 6.21 Å². The van der Waals surface area contributed by atoms with E-state index in [4.69, 9.17) is 16.9 Å². The van der Waals surface area contributed by atoms with Crippen molar-refractivity contribution in [3.05, 3.63) is 12.3 Å². The van der Waals surface area contributed by atoms with Crippen LogP contribution in [0, 0.1) is 5.41 Å². The van der Waals surface area contributed by atoms with Gasteiger partial charge in [-0.1, -0.05) is 0 Å². The quantitative estimate of drug-likeness (QED) is 0.313. The van der Waals surface area contributed by atoms with Crippen LogP contribution in [0.5, 0.6) is 0 Å². The largest absolute Gasteiger partial charge is 0.405 e. The molecule has 4 nitrogen and oxygen atoms in total. The number of nitrogens with one attached hydrogen (secondary N) is 1. The van der Waals surface area contributed by atoms with Crippen molar-refractivity contribution in [2.45, 2.75) is 0 Å². The second kappa shape index (κ2) is 3.86. The standard InChI is InChI=1S/C4H8N4/c5-2-1-3-8-4(6)7/h1-3H,5H2,(H3,6,7). The zero-order valence-electron chi connectivity index (χ0n) is 4.33. The molecule has 0 saturated heterocycles. The molecule has 0 bridgehead atoms. The molecule has 44 valence electrons. The summed E-state index contributed by atoms with van der Waals surface area (Å²) < 4.78 is 0. The number of nitrogens with two attached hydrogens (primary N) is 2. The van der Waals surface area contributed by atoms with Crippen molar-refractivity contribution in [2.75, 3.05) is 0 Å². The highest BCUT2D eigenvalue weighted by molar-refractivity contribution is 5.87. The number of nitrogens with zero attached hydrogens (tertiary/aromatic N) is 1. The Bertz CT molecular complexity index is 124. The number of hydrogen-bond acceptors (Lipinski definition) is 2. The van der Waals surface area contributed by atoms with Gasteiger partial charge in [0.05, 0.1) is 0 Å². The number of aliphatic imine (C=N–C) groups is 1. The van der Waals surface area contributed by atoms with Crippen LogP contribution in [0.3, 0.4) is 0 Å². The molecule has 8 heavy (non-hydrogen) atoms. The van der Waals surface area contributed by atoms with Crippen LogP contribution in [-0.2, 0) is 0 Å². The Morgan fingerprint density at radius 2 is 2.25 bits per heavy atom. The van der Waals surface area contributed by atoms with E-state index >= 15 is 0 Å². The van der Waals surface area contributed by atoms with Crippen LogP contribution in [0.1, 0.15) is 0 Å². The molecule has 0 fully saturated rings. The highest BCUT2D eigenvalue weighted by Crippen LogP contribution is 1.61. The van der Waals surface area contributed by atoms with Gasteiger partial charge in [-0.2, -0.15) is 0 Å². The summed E-state index contributed by atoms with van der Waals surface area (Å²) >= 11 is 0. The molecule has 0 aromatic rings. The number of rotatable bonds is 1. The first-order valence-electron chi connectivity index (χ1n) is 2.02. The van der Waals surface area contributed by atoms with E-state index in [1.807, 2.05) is 0 Å². The fourth-order valence-electron chi connectivity index (χ4n) is 0.173. The molecule has 0 saturated carbocycles. The van der Waals surface area contributed by atoms with Gasteiger partial charge in [0.25, 0.3) is 0 Å². The van der Waals surface area contributed by atoms with Crippen molar-refractivity contribution in [2.24, 2.45) is 16.5 Å². The smallest absolute Gasteiger partial charge is 0.212 e. The summed E-state index contributed by atoms with van der Waals surface area (Å²) in [5.74, 6) is -0.219. The van der Waals surface area contributed by atoms with Crippen molar-refractivity contribution in [1.29, 1.82) is 5.41 Å². The minimum absolute atomic E-state index is 0.219. The molecule has 0 amide bonds. The first-order chi connectivity index (χ1) is 3.77. The lowest BCUT2D eigenvalue weighted by atomic mass is 10.7. The van der Waals surface area contributed by atoms with Crippen LogP contribution in [0.2, 0.25) is 0 Å². The molecule has 0 aliphatic carbocycles. The fraction of sp³-hybridized carbons (Fsp3) is 0. The molecule has 0 aliphatic heterocycles. The summed E-state index contributed by atoms with van der Waals surface area (Å²) in [5.41, 5.74) is 9.78. The van der Waals surface area contributed by atoms with Gasteiger partial charge in [0.15, 0.2) is 0 Å². The van der Waals surface area contributed by atoms with E-state index in [1.54, 1.807) is 0 Å². The van der Waals surface area contributed by atoms with Gasteiger partial charge in [-0.05, 0) is 12.3 Å². The third-order valence-corrected chi connectivity index (χ3v) is 0.411. The Morgan fingerprint density at radius 1 is 1.62 bits per heavy atom. The van der Waals surface area contributed by atoms with Gasteiger partial charge in [0.2, 0.25) is 5.96 Å². The average molecular weight is 112 g/mol. The van der Waals surface area contributed by atoms with Crippen molar-refractivity contribution in [1.82, 2.24) is 0 Å². The minimum atomic E-state index is -0.219. The molecule has 4 heteroatoms. The summed E-state index contributed by atoms with van der Waals surface area (Å²) in [6.45, 7) is 0. The second-order valence-corrected chi connectivity index (χ2v) is 1.05. The minimum Gasteiger partial charge on any atom is -0.405 e. The van der Waals surface area contributed by atoms with Crippen LogP contribution in [0.15, 0.2) is 17.3 Å². The molecule has 0 aliphatic rings. The molecule has 0 heterocycles. The van der Waals surface area contributed by atoms with E-state index in [0.717, 1.165) is 0 Å². The molecule has 0 radical (unpaired) electrons. The zero-order valence-corrected chi connectivity index (χ0v) is 4.33. The molecule has 0 aromatic carbocycles. The van der Waals surface area contributed by atoms with Crippen molar-refractivity contribution < 1.29 is 0 Å². The van der Waals surface area contributed by atoms with Crippen LogP contribution in [0.4, 0.5) is 0 Å². The lowest BCUT2D eigenvalue weighted by molar-refractivity contribution is 1.39. The topological polar surface area (TPSA) is 88.2 Å². The molecular weight excluding hydrogens is 104 g/mol. The van der Waals surface area contributed by atoms with E-state index in [0.29, 0.717) is 0 Å². The van der Waals surface area contributed by atoms with Crippen LogP contribution in [-0.4, -0.2) is 12.2 Å². The first-order valence-corrected chi connectivity index (χ1v) is 2.02. The predicted octanol–water partition coefficient (Wildman–Crippen LogP) is -0.577. The second-order valence-electron chi connectivity index (χ2n) is 1.05. The van der Waals surface area contributed by atoms with Crippen LogP contribution in [0.25, 0.3) is 0 Å². The molecule has 0 spiro atoms. The Kier molecular flexibility index (Phi) is 3.22. The lowest BCUT2D eigenvalue weighted by Gasteiger charge is -1.77. The molecule has 0 rings (SSSR count). The third kappa shape index (κ3) is 4.68. The van der Waals surface area contributed by atoms with Gasteiger partial charge in [-0.15, -0.1) is 0 Å². The summed E-state index contributed by atoms with van der Waals surface area (Å²) in [6, 6.07) is 0. The van der Waals surface area contributed by atoms with E-state index < -0.39 is 0 Å². The fourth-order valence-corrected chi connectivity index (χ4v) is 0.173. The number of guanidine groups is 1. The summed E-state index contributed by atoms with van der Waals surface area (Å²) in [5, 5.41) is 6.58. The Labute approximate surface area is 47.4 Å². The van der Waals surface area contributed by atoms with Gasteiger partial charge in [-0.25, -0.2) is 4.99 Å². The van der Waals surface area contributed by atoms with E-state index in [1.165, 1.54) is 18.5 Å². The van der Waals surface area contributed by atoms with E-state index in [9.17, 15) is 0 Å². The molecular formula is C4H8N4. The SMILES string of the molecule is N=C(N)N=CC=CN. The van der Waals surface area contributed by atoms with Crippen LogP contribution >= 0.6 is 0 Å². The van der Waals surface area contributed by atoms with E-state index in [-0.39, 0.29) is 5.96 Å². The molecule has 5 N–H and O–H groups in total. The maximum absolute atomic E-state index is 6.58. The van der Waals surface area contributed by atoms with Gasteiger partial charge in [-0.3, -0.25) is 5.41 Å². The van der Waals surface area contributed by atoms with Gasteiger partial charge < -0.3 is 11.5 Å². The third-order valence-electron chi connectivity index (χ3n) is 0.411. The van der Waals surface area contributed by atoms with Crippen molar-refractivity contribution in [3.8, 4) is 0 Å². The Morgan fingerprint density at radius 3 is 2.62 bits per heavy atom. The lowest BCUT2D eigenvalue weighted by Crippen LogP contribution is -2.04. The maximum Gasteiger partial charge on any atom is 0.212 e. The maximum atomic E-state index is 6.58. The Hall–Kier alpha value is -1.32. The highest BCUT2D eigenvalue weighted by atomic mass is 14.9. The van der Waals surface area contributed by atoms with Crippen molar-refractivity contribution >= 4 is 12.2 Å². The monoisotopic (exact) mass is 112 g/mol. The highest BCUT2D eigenvalue weighted by Gasteiger charge is 1.69. The summed E-state index contributed by atoms with van der Waals surface area (Å²) in [6.07, 6.45) is 4.15. The normalized spacial score (nSPS) is 11.0. The molecule has 0 atom stereocenters. The first kappa shape index (κ1) is 6.68. The Balaban J connectivity index is 3.50.